The van der Waals surface area contributed by atoms with Gasteiger partial charge in [-0.3, -0.25) is 4.90 Å². The molecule has 0 bridgehead atoms. The highest BCUT2D eigenvalue weighted by Crippen LogP contribution is 2.33. The lowest BCUT2D eigenvalue weighted by Crippen LogP contribution is -2.44. The molecule has 8 nitrogen and oxygen atoms in total. The van der Waals surface area contributed by atoms with Crippen molar-refractivity contribution in [1.29, 1.82) is 0 Å². The minimum atomic E-state index is -0.462. The quantitative estimate of drug-likeness (QED) is 0.782. The zero-order valence-corrected chi connectivity index (χ0v) is 17.8. The Labute approximate surface area is 180 Å². The molecule has 5 rings (SSSR count). The molecular formula is C22H27FN6O2. The molecular weight excluding hydrogens is 399 g/mol. The highest BCUT2D eigenvalue weighted by atomic mass is 19.1. The van der Waals surface area contributed by atoms with Crippen LogP contribution in [0.2, 0.25) is 0 Å². The van der Waals surface area contributed by atoms with Crippen molar-refractivity contribution >= 4 is 17.5 Å². The summed E-state index contributed by atoms with van der Waals surface area (Å²) in [6, 6.07) is 4.76. The van der Waals surface area contributed by atoms with E-state index < -0.39 is 5.82 Å². The molecule has 0 spiro atoms. The second kappa shape index (κ2) is 8.05. The molecule has 0 unspecified atom stereocenters. The number of ether oxygens (including phenoxy) is 1. The largest absolute Gasteiger partial charge is 0.377 e. The van der Waals surface area contributed by atoms with Gasteiger partial charge in [-0.25, -0.2) is 19.2 Å². The zero-order valence-electron chi connectivity index (χ0n) is 17.8. The Balaban J connectivity index is 1.46. The molecule has 1 saturated heterocycles. The van der Waals surface area contributed by atoms with Crippen molar-refractivity contribution in [3.63, 3.8) is 0 Å². The summed E-state index contributed by atoms with van der Waals surface area (Å²) in [6.45, 7) is 5.62. The van der Waals surface area contributed by atoms with Gasteiger partial charge in [0.05, 0.1) is 30.5 Å². The van der Waals surface area contributed by atoms with Crippen LogP contribution in [0.5, 0.6) is 0 Å². The van der Waals surface area contributed by atoms with Crippen molar-refractivity contribution in [2.45, 2.75) is 44.9 Å². The minimum Gasteiger partial charge on any atom is -0.377 e. The summed E-state index contributed by atoms with van der Waals surface area (Å²) >= 11 is 0. The van der Waals surface area contributed by atoms with Crippen LogP contribution in [0, 0.1) is 5.82 Å². The lowest BCUT2D eigenvalue weighted by Gasteiger charge is -2.35. The van der Waals surface area contributed by atoms with Crippen molar-refractivity contribution in [2.75, 3.05) is 37.0 Å². The van der Waals surface area contributed by atoms with Crippen LogP contribution in [0.1, 0.15) is 31.0 Å². The van der Waals surface area contributed by atoms with Crippen LogP contribution in [0.3, 0.4) is 0 Å². The lowest BCUT2D eigenvalue weighted by atomic mass is 10.1. The highest BCUT2D eigenvalue weighted by Gasteiger charge is 2.30. The maximum Gasteiger partial charge on any atom is 0.319 e. The molecule has 9 heteroatoms. The molecule has 31 heavy (non-hydrogen) atoms. The van der Waals surface area contributed by atoms with E-state index in [0.717, 1.165) is 43.0 Å². The predicted octanol–water partition coefficient (Wildman–Crippen LogP) is 2.74. The van der Waals surface area contributed by atoms with E-state index in [4.69, 9.17) is 14.7 Å². The van der Waals surface area contributed by atoms with Gasteiger partial charge in [0.1, 0.15) is 11.6 Å². The number of hydrogen-bond acceptors (Lipinski definition) is 6. The third-order valence-corrected chi connectivity index (χ3v) is 5.94. The summed E-state index contributed by atoms with van der Waals surface area (Å²) in [5.41, 5.74) is 2.78. The van der Waals surface area contributed by atoms with Crippen LogP contribution in [0.15, 0.2) is 18.2 Å². The molecule has 2 N–H and O–H groups in total. The number of fused-ring (bicyclic) bond motifs is 1. The maximum absolute atomic E-state index is 15.0. The van der Waals surface area contributed by atoms with E-state index in [1.165, 1.54) is 6.07 Å². The number of benzene rings is 1. The van der Waals surface area contributed by atoms with Crippen LogP contribution >= 0.6 is 0 Å². The van der Waals surface area contributed by atoms with E-state index in [9.17, 15) is 4.79 Å². The smallest absolute Gasteiger partial charge is 0.319 e. The van der Waals surface area contributed by atoms with Crippen LogP contribution in [-0.4, -0.2) is 59.8 Å². The number of morpholine rings is 1. The van der Waals surface area contributed by atoms with Gasteiger partial charge in [-0.1, -0.05) is 0 Å². The first-order chi connectivity index (χ1) is 15.0. The topological polar surface area (TPSA) is 82.6 Å². The van der Waals surface area contributed by atoms with Gasteiger partial charge in [-0.2, -0.15) is 0 Å². The Bertz CT molecular complexity index is 1010. The Kier molecular flexibility index (Phi) is 5.23. The Morgan fingerprint density at radius 3 is 2.84 bits per heavy atom. The number of anilines is 2. The van der Waals surface area contributed by atoms with Gasteiger partial charge in [0.2, 0.25) is 0 Å². The van der Waals surface area contributed by atoms with Gasteiger partial charge in [-0.15, -0.1) is 0 Å². The molecule has 164 valence electrons. The van der Waals surface area contributed by atoms with E-state index in [0.29, 0.717) is 36.8 Å². The fourth-order valence-corrected chi connectivity index (χ4v) is 4.15. The maximum atomic E-state index is 15.0. The summed E-state index contributed by atoms with van der Waals surface area (Å²) < 4.78 is 20.6. The van der Waals surface area contributed by atoms with Crippen LogP contribution in [-0.2, 0) is 17.8 Å². The molecule has 2 aromatic rings. The summed E-state index contributed by atoms with van der Waals surface area (Å²) in [7, 11) is 2.04. The number of hydrogen-bond donors (Lipinski definition) is 2. The standard InChI is InChI=1S/C22H27FN6O2/c1-13-12-31-8-7-29(13)21-17-10-28(2)11-19(17)26-20(27-21)16-6-5-15(9-18(16)23)25-22(30)24-14-3-4-14/h5-6,9,13-14H,3-4,7-8,10-12H2,1-2H3,(H2,24,25,30)/t13-/m0/s1. The van der Waals surface area contributed by atoms with Crippen LogP contribution in [0.25, 0.3) is 11.4 Å². The molecule has 0 radical (unpaired) electrons. The molecule has 1 aromatic heterocycles. The van der Waals surface area contributed by atoms with E-state index >= 15 is 4.39 Å². The second-order valence-corrected chi connectivity index (χ2v) is 8.65. The Morgan fingerprint density at radius 2 is 2.10 bits per heavy atom. The molecule has 3 aliphatic rings. The monoisotopic (exact) mass is 426 g/mol. The zero-order chi connectivity index (χ0) is 21.5. The van der Waals surface area contributed by atoms with Crippen molar-refractivity contribution < 1.29 is 13.9 Å². The minimum absolute atomic E-state index is 0.188. The Hall–Kier alpha value is -2.78. The average Bonchev–Trinajstić information content (AvgIpc) is 3.45. The molecule has 1 aliphatic carbocycles. The third-order valence-electron chi connectivity index (χ3n) is 5.94. The van der Waals surface area contributed by atoms with Crippen molar-refractivity contribution in [3.8, 4) is 11.4 Å². The number of carbonyl (C=O) groups is 1. The summed E-state index contributed by atoms with van der Waals surface area (Å²) in [6.07, 6.45) is 1.99. The van der Waals surface area contributed by atoms with Gasteiger partial charge in [-0.05, 0) is 45.0 Å². The van der Waals surface area contributed by atoms with Crippen LogP contribution in [0.4, 0.5) is 20.7 Å². The van der Waals surface area contributed by atoms with E-state index in [2.05, 4.69) is 27.4 Å². The molecule has 1 atom stereocenters. The fourth-order valence-electron chi connectivity index (χ4n) is 4.15. The van der Waals surface area contributed by atoms with Crippen molar-refractivity contribution in [2.24, 2.45) is 0 Å². The summed E-state index contributed by atoms with van der Waals surface area (Å²) in [5.74, 6) is 0.774. The lowest BCUT2D eigenvalue weighted by molar-refractivity contribution is 0.0984. The third kappa shape index (κ3) is 4.20. The molecule has 2 fully saturated rings. The molecule has 1 saturated carbocycles. The van der Waals surface area contributed by atoms with Gasteiger partial charge in [0, 0.05) is 36.9 Å². The van der Waals surface area contributed by atoms with Gasteiger partial charge < -0.3 is 20.3 Å². The second-order valence-electron chi connectivity index (χ2n) is 8.65. The van der Waals surface area contributed by atoms with Crippen LogP contribution < -0.4 is 15.5 Å². The number of amides is 2. The summed E-state index contributed by atoms with van der Waals surface area (Å²) in [5, 5.41) is 5.52. The first-order valence-corrected chi connectivity index (χ1v) is 10.8. The number of urea groups is 1. The number of nitrogens with zero attached hydrogens (tertiary/aromatic N) is 4. The van der Waals surface area contributed by atoms with E-state index in [-0.39, 0.29) is 18.1 Å². The van der Waals surface area contributed by atoms with Gasteiger partial charge in [0.25, 0.3) is 0 Å². The number of halogens is 1. The Morgan fingerprint density at radius 1 is 1.26 bits per heavy atom. The number of rotatable bonds is 4. The molecule has 2 amide bonds. The van der Waals surface area contributed by atoms with E-state index in [1.54, 1.807) is 12.1 Å². The highest BCUT2D eigenvalue weighted by molar-refractivity contribution is 5.90. The predicted molar refractivity (Wildman–Crippen MR) is 115 cm³/mol. The number of nitrogens with one attached hydrogen (secondary N) is 2. The van der Waals surface area contributed by atoms with E-state index in [1.807, 2.05) is 7.05 Å². The molecule has 3 heterocycles. The first-order valence-electron chi connectivity index (χ1n) is 10.8. The molecule has 1 aromatic carbocycles. The SMILES string of the molecule is C[C@H]1COCCN1c1nc(-c2ccc(NC(=O)NC3CC3)cc2F)nc2c1CN(C)C2. The number of aromatic nitrogens is 2. The van der Waals surface area contributed by atoms with Gasteiger partial charge in [0.15, 0.2) is 5.82 Å². The van der Waals surface area contributed by atoms with Crippen molar-refractivity contribution in [3.05, 3.63) is 35.3 Å². The average molecular weight is 426 g/mol. The molecule has 2 aliphatic heterocycles. The number of carbonyl (C=O) groups excluding carboxylic acids is 1. The van der Waals surface area contributed by atoms with Crippen molar-refractivity contribution in [1.82, 2.24) is 20.2 Å². The normalized spacial score (nSPS) is 21.1. The first kappa shape index (κ1) is 20.1. The summed E-state index contributed by atoms with van der Waals surface area (Å²) in [4.78, 5) is 25.9. The van der Waals surface area contributed by atoms with Gasteiger partial charge >= 0.3 is 6.03 Å². The fraction of sp³-hybridized carbons (Fsp3) is 0.500.